The van der Waals surface area contributed by atoms with Crippen LogP contribution in [0.1, 0.15) is 181 Å². The van der Waals surface area contributed by atoms with Crippen molar-refractivity contribution in [2.45, 2.75) is 276 Å². The third-order valence-electron chi connectivity index (χ3n) is 17.3. The summed E-state index contributed by atoms with van der Waals surface area (Å²) in [6.07, 6.45) is -4.42. The Morgan fingerprint density at radius 3 is 0.763 bits per heavy atom. The summed E-state index contributed by atoms with van der Waals surface area (Å²) in [6.45, 7) is 27.4. The van der Waals surface area contributed by atoms with Gasteiger partial charge in [-0.25, -0.2) is 9.59 Å². The van der Waals surface area contributed by atoms with Crippen molar-refractivity contribution >= 4 is 59.3 Å². The zero-order chi connectivity index (χ0) is 70.7. The van der Waals surface area contributed by atoms with Crippen LogP contribution in [0.5, 0.6) is 0 Å². The van der Waals surface area contributed by atoms with Crippen LogP contribution < -0.4 is 47.9 Å². The summed E-state index contributed by atoms with van der Waals surface area (Å²) in [5.41, 5.74) is -5.97. The van der Waals surface area contributed by atoms with Gasteiger partial charge in [0.2, 0.25) is 47.3 Å². The van der Waals surface area contributed by atoms with E-state index in [2.05, 4.69) is 47.9 Å². The van der Waals surface area contributed by atoms with E-state index in [1.54, 1.807) is 20.8 Å². The number of carbonyl (C=O) groups excluding carboxylic acids is 10. The van der Waals surface area contributed by atoms with Crippen LogP contribution in [0.2, 0.25) is 0 Å². The van der Waals surface area contributed by atoms with Gasteiger partial charge in [-0.15, -0.1) is 0 Å². The number of hydrogen-bond donors (Lipinski definition) is 9. The molecule has 534 valence electrons. The van der Waals surface area contributed by atoms with Crippen LogP contribution >= 0.6 is 0 Å². The van der Waals surface area contributed by atoms with Crippen LogP contribution in [0, 0.1) is 35.5 Å². The number of rotatable bonds is 36. The van der Waals surface area contributed by atoms with E-state index in [9.17, 15) is 33.6 Å². The first-order chi connectivity index (χ1) is 43.3. The number of amides is 9. The third kappa shape index (κ3) is 23.8. The van der Waals surface area contributed by atoms with Crippen molar-refractivity contribution in [2.75, 3.05) is 49.8 Å². The van der Waals surface area contributed by atoms with Crippen molar-refractivity contribution in [1.29, 1.82) is 0 Å². The molecule has 93 heavy (non-hydrogen) atoms. The van der Waals surface area contributed by atoms with Crippen molar-refractivity contribution in [3.8, 4) is 0 Å². The highest BCUT2D eigenvalue weighted by atomic mass is 16.6. The molecule has 0 unspecified atom stereocenters. The molecule has 3 aliphatic rings. The molecule has 27 heteroatoms. The van der Waals surface area contributed by atoms with Gasteiger partial charge in [-0.1, -0.05) is 83.1 Å². The Hall–Kier alpha value is -5.74. The van der Waals surface area contributed by atoms with Crippen molar-refractivity contribution in [3.05, 3.63) is 0 Å². The topological polar surface area (TPSA) is 353 Å². The lowest BCUT2D eigenvalue weighted by atomic mass is 9.92. The molecule has 9 N–H and O–H groups in total. The highest BCUT2D eigenvalue weighted by Gasteiger charge is 2.57. The molecule has 3 rings (SSSR count). The molecule has 0 aromatic carbocycles. The van der Waals surface area contributed by atoms with E-state index < -0.39 is 154 Å². The quantitative estimate of drug-likeness (QED) is 0.0403. The summed E-state index contributed by atoms with van der Waals surface area (Å²) in [5.74, 6) is -7.38. The molecule has 0 radical (unpaired) electrons. The van der Waals surface area contributed by atoms with E-state index in [-0.39, 0.29) is 113 Å². The molecule has 3 aliphatic carbocycles. The normalized spacial score (nSPS) is 22.7. The Kier molecular flexibility index (Phi) is 31.9. The number of methoxy groups -OCH3 is 7. The zero-order valence-electron chi connectivity index (χ0n) is 59.7. The van der Waals surface area contributed by atoms with Gasteiger partial charge in [0.1, 0.15) is 58.5 Å². The van der Waals surface area contributed by atoms with Crippen LogP contribution in [-0.2, 0) is 81.0 Å². The lowest BCUT2D eigenvalue weighted by Gasteiger charge is -2.35. The van der Waals surface area contributed by atoms with E-state index in [0.29, 0.717) is 0 Å². The molecular weight excluding hydrogens is 1210 g/mol. The van der Waals surface area contributed by atoms with E-state index in [1.807, 2.05) is 83.1 Å². The van der Waals surface area contributed by atoms with Gasteiger partial charge in [0.25, 0.3) is 0 Å². The molecule has 3 saturated carbocycles. The predicted molar refractivity (Wildman–Crippen MR) is 347 cm³/mol. The Bertz CT molecular complexity index is 2470. The fourth-order valence-corrected chi connectivity index (χ4v) is 12.8. The molecule has 0 heterocycles. The minimum Gasteiger partial charge on any atom is -0.467 e. The van der Waals surface area contributed by atoms with E-state index >= 15 is 14.4 Å². The van der Waals surface area contributed by atoms with Gasteiger partial charge >= 0.3 is 12.1 Å². The monoisotopic (exact) mass is 1320 g/mol. The maximum absolute atomic E-state index is 15.3. The van der Waals surface area contributed by atoms with Gasteiger partial charge in [0.05, 0.1) is 43.7 Å². The van der Waals surface area contributed by atoms with Gasteiger partial charge in [0, 0.05) is 81.2 Å². The Labute approximate surface area is 552 Å². The molecule has 0 saturated heterocycles. The van der Waals surface area contributed by atoms with Crippen molar-refractivity contribution in [2.24, 2.45) is 35.5 Å². The van der Waals surface area contributed by atoms with Gasteiger partial charge in [0.15, 0.2) is 0 Å². The van der Waals surface area contributed by atoms with E-state index in [4.69, 9.17) is 37.9 Å². The lowest BCUT2D eigenvalue weighted by Crippen LogP contribution is -2.66. The minimum absolute atomic E-state index is 0.0431. The second-order valence-electron chi connectivity index (χ2n) is 29.3. The summed E-state index contributed by atoms with van der Waals surface area (Å²) in [6, 6.07) is -7.35. The van der Waals surface area contributed by atoms with Crippen LogP contribution in [0.15, 0.2) is 0 Å². The highest BCUT2D eigenvalue weighted by molar-refractivity contribution is 6.01. The summed E-state index contributed by atoms with van der Waals surface area (Å²) < 4.78 is 45.1. The number of hydrogen-bond acceptors (Lipinski definition) is 18. The molecule has 3 fully saturated rings. The second kappa shape index (κ2) is 36.4. The first-order valence-electron chi connectivity index (χ1n) is 33.0. The van der Waals surface area contributed by atoms with Crippen LogP contribution in [0.4, 0.5) is 4.79 Å². The fraction of sp³-hybridized carbons (Fsp3) is 0.848. The summed E-state index contributed by atoms with van der Waals surface area (Å²) in [4.78, 5) is 145. The molecule has 0 aliphatic heterocycles. The highest BCUT2D eigenvalue weighted by Crippen LogP contribution is 2.38. The Balaban J connectivity index is 2.05. The summed E-state index contributed by atoms with van der Waals surface area (Å²) in [5, 5.41) is 25.9. The summed E-state index contributed by atoms with van der Waals surface area (Å²) in [7, 11) is 9.95. The third-order valence-corrected chi connectivity index (χ3v) is 17.3. The fourth-order valence-electron chi connectivity index (χ4n) is 12.8. The average molecular weight is 1320 g/mol. The maximum Gasteiger partial charge on any atom is 0.408 e. The van der Waals surface area contributed by atoms with Crippen molar-refractivity contribution in [3.63, 3.8) is 0 Å². The molecule has 0 spiro atoms. The second-order valence-corrected chi connectivity index (χ2v) is 29.3. The SMILES string of the molecule is COC(=O)C1(NC(=O)[C@H](CC(C)C)NC(=O)[C@H](CC(C)C)NC(=O)C2(NC(=O)[C@H](CC(C)C)NC(=O)[C@H](CC(C)C)NC(=O)C3(NC(=O)[C@H](CC(C)C)NC(=O)[C@H](CC(C)C)NC(=O)OC(C)(C)C)C[C@@H](OC)[C@H](OC)C3)C[C@@H](OC)[C@H](OC)C2)C[C@@H](OC)[C@H](OC)C1. The van der Waals surface area contributed by atoms with Crippen LogP contribution in [-0.4, -0.2) is 204 Å². The number of alkyl carbamates (subject to hydrolysis) is 1. The van der Waals surface area contributed by atoms with Gasteiger partial charge in [-0.2, -0.15) is 0 Å². The first-order valence-corrected chi connectivity index (χ1v) is 33.0. The standard InChI is InChI=1S/C66H117N9O18/c1-35(2)23-41(70-60(83)65(31-49(88-18)50(32-65)89-19)74-57(80)45(27-39(9)10)69-55(78)43(25-37(5)6)72-62(85)93-63(13,14)15)53(76)67-44(26-38(7)8)56(79)73-64(29-47(86-16)48(30-64)87-17)59(82)71-42(24-36(3)4)54(77)68-46(28-40(11)12)58(81)75-66(61(84)92-22)33-51(90-20)52(34-66)91-21/h35-52H,23-34H2,1-22H3,(H,67,76)(H,68,77)(H,69,78)(H,70,83)(H,71,82)(H,72,85)(H,73,79)(H,74,80)(H,75,81)/t41-,42-,43-,44-,45-,46-,47+,48+,49+,50+,51+,52+/m0/s1. The predicted octanol–water partition coefficient (Wildman–Crippen LogP) is 3.79. The first kappa shape index (κ1) is 81.5. The summed E-state index contributed by atoms with van der Waals surface area (Å²) >= 11 is 0. The number of esters is 1. The number of carbonyl (C=O) groups is 10. The van der Waals surface area contributed by atoms with Gasteiger partial charge < -0.3 is 85.7 Å². The van der Waals surface area contributed by atoms with Gasteiger partial charge in [-0.3, -0.25) is 38.4 Å². The average Bonchev–Trinajstić information content (AvgIpc) is 1.67. The number of ether oxygens (including phenoxy) is 8. The zero-order valence-corrected chi connectivity index (χ0v) is 59.7. The minimum atomic E-state index is -1.81. The smallest absolute Gasteiger partial charge is 0.408 e. The molecule has 0 bridgehead atoms. The molecule has 9 amide bonds. The van der Waals surface area contributed by atoms with Crippen LogP contribution in [0.3, 0.4) is 0 Å². The van der Waals surface area contributed by atoms with Crippen LogP contribution in [0.25, 0.3) is 0 Å². The lowest BCUT2D eigenvalue weighted by molar-refractivity contribution is -0.151. The molecule has 12 atom stereocenters. The Morgan fingerprint density at radius 2 is 0.548 bits per heavy atom. The molecule has 0 aromatic heterocycles. The number of nitrogens with one attached hydrogen (secondary N) is 9. The van der Waals surface area contributed by atoms with Crippen molar-refractivity contribution < 1.29 is 85.8 Å². The van der Waals surface area contributed by atoms with Crippen molar-refractivity contribution in [1.82, 2.24) is 47.9 Å². The Morgan fingerprint density at radius 1 is 0.333 bits per heavy atom. The largest absolute Gasteiger partial charge is 0.467 e. The van der Waals surface area contributed by atoms with E-state index in [0.717, 1.165) is 0 Å². The maximum atomic E-state index is 15.3. The molecular formula is C66H117N9O18. The molecule has 27 nitrogen and oxygen atoms in total. The molecule has 0 aromatic rings. The van der Waals surface area contributed by atoms with E-state index in [1.165, 1.54) is 49.8 Å². The van der Waals surface area contributed by atoms with Gasteiger partial charge in [-0.05, 0) is 94.8 Å².